The molecule has 0 atom stereocenters. The number of furan rings is 1. The Hall–Kier alpha value is -1.53. The zero-order valence-corrected chi connectivity index (χ0v) is 14.3. The van der Waals surface area contributed by atoms with Crippen LogP contribution < -0.4 is 5.32 Å². The Balaban J connectivity index is 1.70. The number of likely N-dealkylation sites (N-methyl/N-ethyl adjacent to an activating group) is 1. The van der Waals surface area contributed by atoms with E-state index in [0.29, 0.717) is 13.2 Å². The monoisotopic (exact) mass is 323 g/mol. The quantitative estimate of drug-likeness (QED) is 0.382. The van der Waals surface area contributed by atoms with E-state index in [2.05, 4.69) is 15.2 Å². The van der Waals surface area contributed by atoms with Crippen molar-refractivity contribution < 1.29 is 13.9 Å². The number of nitrogens with zero attached hydrogens (tertiary/aromatic N) is 2. The first-order valence-electron chi connectivity index (χ1n) is 8.38. The summed E-state index contributed by atoms with van der Waals surface area (Å²) in [6, 6.07) is 3.89. The summed E-state index contributed by atoms with van der Waals surface area (Å²) >= 11 is 0. The number of nitrogens with one attached hydrogen (secondary N) is 1. The first-order chi connectivity index (χ1) is 11.3. The minimum atomic E-state index is 0.620. The van der Waals surface area contributed by atoms with Crippen LogP contribution in [0.25, 0.3) is 0 Å². The molecule has 0 bridgehead atoms. The minimum Gasteiger partial charge on any atom is -0.469 e. The summed E-state index contributed by atoms with van der Waals surface area (Å²) in [6.45, 7) is 4.51. The number of hydrogen-bond donors (Lipinski definition) is 1. The first-order valence-corrected chi connectivity index (χ1v) is 8.38. The average Bonchev–Trinajstić information content (AvgIpc) is 3.24. The van der Waals surface area contributed by atoms with Gasteiger partial charge in [-0.25, -0.2) is 0 Å². The van der Waals surface area contributed by atoms with E-state index in [0.717, 1.165) is 50.4 Å². The fourth-order valence-corrected chi connectivity index (χ4v) is 2.15. The molecule has 0 aliphatic heterocycles. The van der Waals surface area contributed by atoms with Crippen LogP contribution in [0.15, 0.2) is 27.8 Å². The molecule has 0 spiro atoms. The van der Waals surface area contributed by atoms with Gasteiger partial charge in [0, 0.05) is 40.3 Å². The molecule has 2 rings (SSSR count). The third kappa shape index (κ3) is 7.52. The molecule has 0 radical (unpaired) electrons. The van der Waals surface area contributed by atoms with E-state index in [-0.39, 0.29) is 0 Å². The van der Waals surface area contributed by atoms with Crippen molar-refractivity contribution in [2.24, 2.45) is 10.9 Å². The molecule has 0 unspecified atom stereocenters. The van der Waals surface area contributed by atoms with Crippen LogP contribution in [0.3, 0.4) is 0 Å². The van der Waals surface area contributed by atoms with Crippen molar-refractivity contribution in [2.45, 2.75) is 19.3 Å². The van der Waals surface area contributed by atoms with Gasteiger partial charge in [0.1, 0.15) is 5.76 Å². The highest BCUT2D eigenvalue weighted by molar-refractivity contribution is 5.79. The largest absolute Gasteiger partial charge is 0.469 e. The van der Waals surface area contributed by atoms with E-state index >= 15 is 0 Å². The van der Waals surface area contributed by atoms with Crippen molar-refractivity contribution in [1.82, 2.24) is 10.2 Å². The topological polar surface area (TPSA) is 59.2 Å². The van der Waals surface area contributed by atoms with Crippen molar-refractivity contribution in [3.63, 3.8) is 0 Å². The van der Waals surface area contributed by atoms with Gasteiger partial charge in [0.15, 0.2) is 5.96 Å². The van der Waals surface area contributed by atoms with Crippen LogP contribution in [0.5, 0.6) is 0 Å². The normalized spacial score (nSPS) is 15.0. The number of hydrogen-bond acceptors (Lipinski definition) is 4. The minimum absolute atomic E-state index is 0.620. The molecular weight excluding hydrogens is 294 g/mol. The van der Waals surface area contributed by atoms with Gasteiger partial charge in [-0.15, -0.1) is 0 Å². The Morgan fingerprint density at radius 3 is 3.00 bits per heavy atom. The molecule has 0 amide bonds. The fraction of sp³-hybridized carbons (Fsp3) is 0.706. The lowest BCUT2D eigenvalue weighted by Crippen LogP contribution is -2.41. The fourth-order valence-electron chi connectivity index (χ4n) is 2.15. The van der Waals surface area contributed by atoms with Gasteiger partial charge >= 0.3 is 0 Å². The molecule has 1 N–H and O–H groups in total. The van der Waals surface area contributed by atoms with Crippen LogP contribution in [0.2, 0.25) is 0 Å². The van der Waals surface area contributed by atoms with E-state index in [9.17, 15) is 0 Å². The van der Waals surface area contributed by atoms with E-state index in [1.54, 1.807) is 13.4 Å². The van der Waals surface area contributed by atoms with Crippen LogP contribution in [0.4, 0.5) is 0 Å². The van der Waals surface area contributed by atoms with Crippen molar-refractivity contribution in [2.75, 3.05) is 53.6 Å². The van der Waals surface area contributed by atoms with Crippen molar-refractivity contribution in [3.8, 4) is 0 Å². The molecular formula is C17H29N3O3. The molecule has 1 saturated carbocycles. The predicted octanol–water partition coefficient (Wildman–Crippen LogP) is 1.77. The molecule has 1 aliphatic carbocycles. The summed E-state index contributed by atoms with van der Waals surface area (Å²) in [7, 11) is 3.72. The SMILES string of the molecule is COCCN=C(NCCc1ccco1)N(C)CCOCC1CC1. The van der Waals surface area contributed by atoms with Gasteiger partial charge in [0.05, 0.1) is 26.0 Å². The van der Waals surface area contributed by atoms with Gasteiger partial charge < -0.3 is 24.1 Å². The molecule has 6 nitrogen and oxygen atoms in total. The number of rotatable bonds is 11. The second-order valence-corrected chi connectivity index (χ2v) is 5.89. The summed E-state index contributed by atoms with van der Waals surface area (Å²) in [6.07, 6.45) is 5.19. The average molecular weight is 323 g/mol. The van der Waals surface area contributed by atoms with Crippen LogP contribution in [0.1, 0.15) is 18.6 Å². The first kappa shape index (κ1) is 17.8. The summed E-state index contributed by atoms with van der Waals surface area (Å²) in [5, 5.41) is 3.38. The van der Waals surface area contributed by atoms with Gasteiger partial charge in [-0.05, 0) is 30.9 Å². The molecule has 6 heteroatoms. The van der Waals surface area contributed by atoms with Crippen LogP contribution in [0, 0.1) is 5.92 Å². The molecule has 1 aromatic rings. The van der Waals surface area contributed by atoms with E-state index in [4.69, 9.17) is 13.9 Å². The lowest BCUT2D eigenvalue weighted by atomic mass is 10.3. The van der Waals surface area contributed by atoms with Crippen molar-refractivity contribution in [3.05, 3.63) is 24.2 Å². The Morgan fingerprint density at radius 2 is 2.30 bits per heavy atom. The molecule has 0 aromatic carbocycles. The van der Waals surface area contributed by atoms with Crippen LogP contribution >= 0.6 is 0 Å². The third-order valence-corrected chi connectivity index (χ3v) is 3.77. The summed E-state index contributed by atoms with van der Waals surface area (Å²) in [5.41, 5.74) is 0. The molecule has 1 fully saturated rings. The van der Waals surface area contributed by atoms with Gasteiger partial charge in [-0.1, -0.05) is 0 Å². The molecule has 23 heavy (non-hydrogen) atoms. The molecule has 0 saturated heterocycles. The zero-order valence-electron chi connectivity index (χ0n) is 14.3. The third-order valence-electron chi connectivity index (χ3n) is 3.77. The standard InChI is InChI=1S/C17H29N3O3/c1-20(10-13-22-14-15-5-6-15)17(19-9-12-21-2)18-8-7-16-4-3-11-23-16/h3-4,11,15H,5-10,12-14H2,1-2H3,(H,18,19). The van der Waals surface area contributed by atoms with Gasteiger partial charge in [0.25, 0.3) is 0 Å². The Morgan fingerprint density at radius 1 is 1.43 bits per heavy atom. The Bertz CT molecular complexity index is 444. The molecule has 1 aromatic heterocycles. The smallest absolute Gasteiger partial charge is 0.193 e. The maximum Gasteiger partial charge on any atom is 0.193 e. The Labute approximate surface area is 138 Å². The maximum atomic E-state index is 5.70. The lowest BCUT2D eigenvalue weighted by molar-refractivity contribution is 0.115. The molecule has 130 valence electrons. The molecule has 1 aliphatic rings. The van der Waals surface area contributed by atoms with Crippen molar-refractivity contribution in [1.29, 1.82) is 0 Å². The summed E-state index contributed by atoms with van der Waals surface area (Å²) in [4.78, 5) is 6.68. The van der Waals surface area contributed by atoms with Gasteiger partial charge in [-0.3, -0.25) is 4.99 Å². The number of guanidine groups is 1. The second kappa shape index (κ2) is 10.3. The highest BCUT2D eigenvalue weighted by atomic mass is 16.5. The van der Waals surface area contributed by atoms with Gasteiger partial charge in [0.2, 0.25) is 0 Å². The zero-order chi connectivity index (χ0) is 16.3. The lowest BCUT2D eigenvalue weighted by Gasteiger charge is -2.22. The Kier molecular flexibility index (Phi) is 7.97. The number of methoxy groups -OCH3 is 1. The van der Waals surface area contributed by atoms with E-state index in [1.807, 2.05) is 19.2 Å². The van der Waals surface area contributed by atoms with Gasteiger partial charge in [-0.2, -0.15) is 0 Å². The van der Waals surface area contributed by atoms with E-state index in [1.165, 1.54) is 12.8 Å². The van der Waals surface area contributed by atoms with Crippen LogP contribution in [-0.4, -0.2) is 64.5 Å². The summed E-state index contributed by atoms with van der Waals surface area (Å²) in [5.74, 6) is 2.66. The second-order valence-electron chi connectivity index (χ2n) is 5.89. The summed E-state index contributed by atoms with van der Waals surface area (Å²) < 4.78 is 16.1. The van der Waals surface area contributed by atoms with E-state index < -0.39 is 0 Å². The highest BCUT2D eigenvalue weighted by Gasteiger charge is 2.21. The molecule has 1 heterocycles. The maximum absolute atomic E-state index is 5.70. The number of ether oxygens (including phenoxy) is 2. The van der Waals surface area contributed by atoms with Crippen molar-refractivity contribution >= 4 is 5.96 Å². The number of aliphatic imine (C=N–C) groups is 1. The van der Waals surface area contributed by atoms with Crippen LogP contribution in [-0.2, 0) is 15.9 Å². The highest BCUT2D eigenvalue weighted by Crippen LogP contribution is 2.28. The predicted molar refractivity (Wildman–Crippen MR) is 90.8 cm³/mol.